The lowest BCUT2D eigenvalue weighted by molar-refractivity contribution is 0.0941. The lowest BCUT2D eigenvalue weighted by Gasteiger charge is -2.32. The molecule has 34 heavy (non-hydrogen) atoms. The van der Waals surface area contributed by atoms with Crippen LogP contribution >= 0.6 is 0 Å². The van der Waals surface area contributed by atoms with Gasteiger partial charge in [0.25, 0.3) is 5.91 Å². The molecule has 3 aromatic rings. The second kappa shape index (κ2) is 10.5. The van der Waals surface area contributed by atoms with Crippen LogP contribution in [-0.4, -0.2) is 75.4 Å². The summed E-state index contributed by atoms with van der Waals surface area (Å²) in [5.41, 5.74) is 1.61. The average molecular weight is 483 g/mol. The normalized spacial score (nSPS) is 15.4. The highest BCUT2D eigenvalue weighted by Crippen LogP contribution is 2.25. The summed E-state index contributed by atoms with van der Waals surface area (Å²) in [5.74, 6) is 0.428. The molecule has 0 spiro atoms. The Labute approximate surface area is 200 Å². The maximum atomic E-state index is 12.7. The molecule has 2 heterocycles. The quantitative estimate of drug-likeness (QED) is 0.527. The van der Waals surface area contributed by atoms with E-state index >= 15 is 0 Å². The van der Waals surface area contributed by atoms with Gasteiger partial charge in [0.1, 0.15) is 11.5 Å². The van der Waals surface area contributed by atoms with Crippen molar-refractivity contribution >= 4 is 15.7 Å². The van der Waals surface area contributed by atoms with Gasteiger partial charge in [-0.15, -0.1) is 0 Å². The van der Waals surface area contributed by atoms with Gasteiger partial charge in [0.05, 0.1) is 10.6 Å². The molecule has 0 unspecified atom stereocenters. The van der Waals surface area contributed by atoms with E-state index < -0.39 is 9.84 Å². The van der Waals surface area contributed by atoms with Crippen LogP contribution in [0.25, 0.3) is 11.5 Å². The topological polar surface area (TPSA) is 95.8 Å². The molecule has 180 valence electrons. The number of carbonyl (C=O) groups excluding carboxylic acids is 1. The van der Waals surface area contributed by atoms with E-state index in [2.05, 4.69) is 27.1 Å². The van der Waals surface area contributed by atoms with E-state index in [1.54, 1.807) is 61.5 Å². The summed E-state index contributed by atoms with van der Waals surface area (Å²) in [6, 6.07) is 15.3. The molecule has 1 N–H and O–H groups in total. The molecule has 9 heteroatoms. The Bertz CT molecular complexity index is 1220. The third kappa shape index (κ3) is 5.91. The van der Waals surface area contributed by atoms with Gasteiger partial charge < -0.3 is 14.6 Å². The molecule has 0 bridgehead atoms. The van der Waals surface area contributed by atoms with Crippen LogP contribution in [0.2, 0.25) is 0 Å². The van der Waals surface area contributed by atoms with Crippen molar-refractivity contribution in [3.63, 3.8) is 0 Å². The minimum absolute atomic E-state index is 0.126. The number of aryl methyl sites for hydroxylation is 1. The Balaban J connectivity index is 1.36. The zero-order valence-corrected chi connectivity index (χ0v) is 20.3. The molecule has 4 rings (SSSR count). The highest BCUT2D eigenvalue weighted by atomic mass is 32.2. The number of piperazine rings is 1. The van der Waals surface area contributed by atoms with Gasteiger partial charge in [0.2, 0.25) is 5.89 Å². The second-order valence-electron chi connectivity index (χ2n) is 8.57. The first-order valence-electron chi connectivity index (χ1n) is 11.4. The van der Waals surface area contributed by atoms with Crippen LogP contribution in [0.1, 0.15) is 21.8 Å². The largest absolute Gasteiger partial charge is 0.441 e. The Morgan fingerprint density at radius 3 is 2.38 bits per heavy atom. The van der Waals surface area contributed by atoms with Crippen LogP contribution in [0.3, 0.4) is 0 Å². The van der Waals surface area contributed by atoms with Crippen molar-refractivity contribution in [2.24, 2.45) is 0 Å². The predicted octanol–water partition coefficient (Wildman–Crippen LogP) is 2.60. The van der Waals surface area contributed by atoms with Gasteiger partial charge in [-0.3, -0.25) is 9.69 Å². The van der Waals surface area contributed by atoms with E-state index in [1.165, 1.54) is 0 Å². The van der Waals surface area contributed by atoms with Crippen LogP contribution in [-0.2, 0) is 15.6 Å². The van der Waals surface area contributed by atoms with Crippen molar-refractivity contribution in [1.82, 2.24) is 20.1 Å². The number of sulfone groups is 1. The van der Waals surface area contributed by atoms with Gasteiger partial charge >= 0.3 is 0 Å². The van der Waals surface area contributed by atoms with Crippen LogP contribution in [0.15, 0.2) is 63.9 Å². The Morgan fingerprint density at radius 1 is 1.03 bits per heavy atom. The summed E-state index contributed by atoms with van der Waals surface area (Å²) >= 11 is 0. The first kappa shape index (κ1) is 24.1. The lowest BCUT2D eigenvalue weighted by atomic mass is 10.1. The van der Waals surface area contributed by atoms with Gasteiger partial charge in [0, 0.05) is 50.4 Å². The number of amides is 1. The number of nitrogens with zero attached hydrogens (tertiary/aromatic N) is 3. The van der Waals surface area contributed by atoms with Crippen molar-refractivity contribution in [3.8, 4) is 11.5 Å². The van der Waals surface area contributed by atoms with Gasteiger partial charge in [-0.1, -0.05) is 18.2 Å². The zero-order chi connectivity index (χ0) is 24.1. The number of rotatable bonds is 8. The van der Waals surface area contributed by atoms with Gasteiger partial charge in [-0.25, -0.2) is 13.4 Å². The van der Waals surface area contributed by atoms with E-state index in [1.807, 2.05) is 0 Å². The summed E-state index contributed by atoms with van der Waals surface area (Å²) in [7, 11) is -1.40. The van der Waals surface area contributed by atoms with Gasteiger partial charge in [0.15, 0.2) is 9.84 Å². The molecule has 1 fully saturated rings. The molecule has 0 atom stereocenters. The average Bonchev–Trinajstić information content (AvgIpc) is 3.20. The Kier molecular flexibility index (Phi) is 7.45. The number of hydrogen-bond acceptors (Lipinski definition) is 7. The van der Waals surface area contributed by atoms with E-state index in [0.29, 0.717) is 35.0 Å². The number of likely N-dealkylation sites (N-methyl/N-ethyl adjacent to an activating group) is 1. The molecule has 1 amide bonds. The first-order valence-corrected chi connectivity index (χ1v) is 13.0. The Hall–Kier alpha value is -3.01. The molecule has 1 saturated heterocycles. The smallest absolute Gasteiger partial charge is 0.251 e. The minimum atomic E-state index is -3.52. The summed E-state index contributed by atoms with van der Waals surface area (Å²) in [6.07, 6.45) is 0. The number of hydrogen-bond donors (Lipinski definition) is 1. The van der Waals surface area contributed by atoms with E-state index in [9.17, 15) is 13.2 Å². The maximum absolute atomic E-state index is 12.7. The SMILES string of the molecule is Cc1oc(-c2ccc(C(=O)NCCN3CCN(C)CC3)cc2)nc1CS(=O)(=O)c1ccccc1. The monoisotopic (exact) mass is 482 g/mol. The van der Waals surface area contributed by atoms with Crippen molar-refractivity contribution < 1.29 is 17.6 Å². The van der Waals surface area contributed by atoms with Crippen LogP contribution in [0, 0.1) is 6.92 Å². The van der Waals surface area contributed by atoms with Crippen molar-refractivity contribution in [3.05, 3.63) is 71.6 Å². The molecule has 0 saturated carbocycles. The fourth-order valence-electron chi connectivity index (χ4n) is 3.84. The first-order chi connectivity index (χ1) is 16.3. The zero-order valence-electron chi connectivity index (χ0n) is 19.5. The highest BCUT2D eigenvalue weighted by molar-refractivity contribution is 7.90. The van der Waals surface area contributed by atoms with Crippen molar-refractivity contribution in [2.75, 3.05) is 46.3 Å². The fraction of sp³-hybridized carbons (Fsp3) is 0.360. The molecule has 0 radical (unpaired) electrons. The summed E-state index contributed by atoms with van der Waals surface area (Å²) < 4.78 is 31.1. The summed E-state index contributed by atoms with van der Waals surface area (Å²) in [6.45, 7) is 7.28. The minimum Gasteiger partial charge on any atom is -0.441 e. The number of aromatic nitrogens is 1. The molecule has 1 aromatic heterocycles. The molecular weight excluding hydrogens is 452 g/mol. The molecule has 8 nitrogen and oxygen atoms in total. The van der Waals surface area contributed by atoms with E-state index in [-0.39, 0.29) is 16.6 Å². The van der Waals surface area contributed by atoms with Crippen LogP contribution < -0.4 is 5.32 Å². The molecule has 0 aliphatic carbocycles. The third-order valence-corrected chi connectivity index (χ3v) is 7.67. The predicted molar refractivity (Wildman–Crippen MR) is 130 cm³/mol. The third-order valence-electron chi connectivity index (χ3n) is 6.03. The number of oxazole rings is 1. The van der Waals surface area contributed by atoms with Gasteiger partial charge in [-0.05, 0) is 50.4 Å². The van der Waals surface area contributed by atoms with Crippen molar-refractivity contribution in [1.29, 1.82) is 0 Å². The molecular formula is C25H30N4O4S. The number of carbonyl (C=O) groups is 1. The summed E-state index contributed by atoms with van der Waals surface area (Å²) in [4.78, 5) is 21.8. The molecule has 2 aromatic carbocycles. The fourth-order valence-corrected chi connectivity index (χ4v) is 5.21. The highest BCUT2D eigenvalue weighted by Gasteiger charge is 2.21. The van der Waals surface area contributed by atoms with E-state index in [0.717, 1.165) is 32.7 Å². The van der Waals surface area contributed by atoms with Crippen LogP contribution in [0.5, 0.6) is 0 Å². The number of nitrogens with one attached hydrogen (secondary N) is 1. The summed E-state index contributed by atoms with van der Waals surface area (Å²) in [5, 5.41) is 2.97. The second-order valence-corrected chi connectivity index (χ2v) is 10.6. The lowest BCUT2D eigenvalue weighted by Crippen LogP contribution is -2.46. The van der Waals surface area contributed by atoms with E-state index in [4.69, 9.17) is 4.42 Å². The van der Waals surface area contributed by atoms with Gasteiger partial charge in [-0.2, -0.15) is 0 Å². The standard InChI is InChI=1S/C25H30N4O4S/c1-19-23(18-34(31,32)22-6-4-3-5-7-22)27-25(33-19)21-10-8-20(9-11-21)24(30)26-12-13-29-16-14-28(2)15-17-29/h3-11H,12-18H2,1-2H3,(H,26,30). The van der Waals surface area contributed by atoms with Crippen molar-refractivity contribution in [2.45, 2.75) is 17.6 Å². The van der Waals surface area contributed by atoms with Crippen LogP contribution in [0.4, 0.5) is 0 Å². The molecule has 1 aliphatic heterocycles. The Morgan fingerprint density at radius 2 is 1.71 bits per heavy atom. The molecule has 1 aliphatic rings. The maximum Gasteiger partial charge on any atom is 0.251 e. The number of benzene rings is 2.